The van der Waals surface area contributed by atoms with Crippen molar-refractivity contribution in [2.75, 3.05) is 13.1 Å². The van der Waals surface area contributed by atoms with Crippen LogP contribution in [0.2, 0.25) is 0 Å². The summed E-state index contributed by atoms with van der Waals surface area (Å²) in [6.07, 6.45) is 2.69. The maximum atomic E-state index is 11.2. The molecule has 0 atom stereocenters. The minimum absolute atomic E-state index is 0.148. The first-order chi connectivity index (χ1) is 8.81. The molecule has 0 saturated carbocycles. The molecule has 0 saturated heterocycles. The summed E-state index contributed by atoms with van der Waals surface area (Å²) >= 11 is 0. The average molecular weight is 243 g/mol. The fourth-order valence-corrected chi connectivity index (χ4v) is 1.83. The molecule has 2 aromatic rings. The van der Waals surface area contributed by atoms with Crippen molar-refractivity contribution >= 4 is 16.8 Å². The van der Waals surface area contributed by atoms with Crippen molar-refractivity contribution in [1.29, 1.82) is 0 Å². The molecule has 1 amide bonds. The third-order valence-electron chi connectivity index (χ3n) is 2.67. The minimum Gasteiger partial charge on any atom is -0.361 e. The van der Waals surface area contributed by atoms with Crippen molar-refractivity contribution in [2.45, 2.75) is 6.42 Å². The van der Waals surface area contributed by atoms with Gasteiger partial charge in [0.1, 0.15) is 6.54 Å². The first kappa shape index (κ1) is 12.0. The lowest BCUT2D eigenvalue weighted by Crippen LogP contribution is -2.27. The van der Waals surface area contributed by atoms with Crippen LogP contribution in [0.1, 0.15) is 5.56 Å². The molecule has 0 bridgehead atoms. The highest BCUT2D eigenvalue weighted by Gasteiger charge is 2.03. The lowest BCUT2D eigenvalue weighted by atomic mass is 10.1. The summed E-state index contributed by atoms with van der Waals surface area (Å²) in [7, 11) is 0. The molecule has 0 fully saturated rings. The van der Waals surface area contributed by atoms with E-state index in [4.69, 9.17) is 5.53 Å². The van der Waals surface area contributed by atoms with Crippen LogP contribution in [0, 0.1) is 0 Å². The number of hydrogen-bond donors (Lipinski definition) is 2. The van der Waals surface area contributed by atoms with Crippen LogP contribution in [0.4, 0.5) is 0 Å². The number of carbonyl (C=O) groups excluding carboxylic acids is 1. The van der Waals surface area contributed by atoms with E-state index in [2.05, 4.69) is 20.3 Å². The van der Waals surface area contributed by atoms with E-state index in [1.54, 1.807) is 0 Å². The second-order valence-corrected chi connectivity index (χ2v) is 3.85. The molecule has 6 heteroatoms. The predicted octanol–water partition coefficient (Wildman–Crippen LogP) is 2.14. The summed E-state index contributed by atoms with van der Waals surface area (Å²) in [5.41, 5.74) is 10.3. The molecule has 6 nitrogen and oxygen atoms in total. The van der Waals surface area contributed by atoms with Gasteiger partial charge in [-0.15, -0.1) is 0 Å². The third kappa shape index (κ3) is 2.81. The molecule has 0 spiro atoms. The van der Waals surface area contributed by atoms with Crippen LogP contribution >= 0.6 is 0 Å². The largest absolute Gasteiger partial charge is 0.361 e. The molecule has 0 unspecified atom stereocenters. The number of benzene rings is 1. The molecule has 0 aliphatic heterocycles. The summed E-state index contributed by atoms with van der Waals surface area (Å²) in [5.74, 6) is -0.257. The van der Waals surface area contributed by atoms with Gasteiger partial charge in [0.15, 0.2) is 0 Å². The Morgan fingerprint density at radius 2 is 2.28 bits per heavy atom. The van der Waals surface area contributed by atoms with Crippen LogP contribution in [0.5, 0.6) is 0 Å². The molecule has 92 valence electrons. The van der Waals surface area contributed by atoms with Crippen molar-refractivity contribution < 1.29 is 4.79 Å². The van der Waals surface area contributed by atoms with Gasteiger partial charge in [-0.2, -0.15) is 0 Å². The second kappa shape index (κ2) is 5.75. The molecule has 0 aliphatic carbocycles. The Morgan fingerprint density at radius 3 is 3.11 bits per heavy atom. The maximum absolute atomic E-state index is 11.2. The number of amides is 1. The highest BCUT2D eigenvalue weighted by Crippen LogP contribution is 2.17. The number of hydrogen-bond acceptors (Lipinski definition) is 2. The van der Waals surface area contributed by atoms with Gasteiger partial charge in [-0.05, 0) is 23.6 Å². The Kier molecular flexibility index (Phi) is 3.83. The summed E-state index contributed by atoms with van der Waals surface area (Å²) in [6.45, 7) is 0.381. The van der Waals surface area contributed by atoms with E-state index in [1.807, 2.05) is 30.5 Å². The number of rotatable bonds is 5. The van der Waals surface area contributed by atoms with Crippen LogP contribution in [0.3, 0.4) is 0 Å². The summed E-state index contributed by atoms with van der Waals surface area (Å²) in [5, 5.41) is 7.07. The number of H-pyrrole nitrogens is 1. The monoisotopic (exact) mass is 243 g/mol. The smallest absolute Gasteiger partial charge is 0.225 e. The summed E-state index contributed by atoms with van der Waals surface area (Å²) < 4.78 is 0. The SMILES string of the molecule is [N-]=[N+]=NCC(=O)NCCc1c[nH]c2ccccc12. The highest BCUT2D eigenvalue weighted by atomic mass is 16.1. The maximum Gasteiger partial charge on any atom is 0.225 e. The molecule has 18 heavy (non-hydrogen) atoms. The molecule has 0 aliphatic rings. The zero-order valence-corrected chi connectivity index (χ0v) is 9.76. The fourth-order valence-electron chi connectivity index (χ4n) is 1.83. The Morgan fingerprint density at radius 1 is 1.44 bits per heavy atom. The van der Waals surface area contributed by atoms with E-state index >= 15 is 0 Å². The molecule has 1 aromatic carbocycles. The summed E-state index contributed by atoms with van der Waals surface area (Å²) in [4.78, 5) is 16.9. The Hall–Kier alpha value is -2.46. The lowest BCUT2D eigenvalue weighted by molar-refractivity contribution is -0.119. The van der Waals surface area contributed by atoms with Gasteiger partial charge in [0, 0.05) is 28.6 Å². The second-order valence-electron chi connectivity index (χ2n) is 3.85. The molecule has 2 rings (SSSR count). The lowest BCUT2D eigenvalue weighted by Gasteiger charge is -2.02. The average Bonchev–Trinajstić information content (AvgIpc) is 2.80. The van der Waals surface area contributed by atoms with Crippen LogP contribution in [0.25, 0.3) is 21.3 Å². The van der Waals surface area contributed by atoms with Gasteiger partial charge in [-0.25, -0.2) is 0 Å². The highest BCUT2D eigenvalue weighted by molar-refractivity contribution is 5.83. The number of aromatic nitrogens is 1. The molecular weight excluding hydrogens is 230 g/mol. The van der Waals surface area contributed by atoms with Crippen LogP contribution in [-0.2, 0) is 11.2 Å². The van der Waals surface area contributed by atoms with Crippen molar-refractivity contribution in [3.05, 3.63) is 46.5 Å². The van der Waals surface area contributed by atoms with Crippen molar-refractivity contribution in [1.82, 2.24) is 10.3 Å². The predicted molar refractivity (Wildman–Crippen MR) is 69.0 cm³/mol. The molecule has 1 heterocycles. The van der Waals surface area contributed by atoms with Gasteiger partial charge >= 0.3 is 0 Å². The third-order valence-corrected chi connectivity index (χ3v) is 2.67. The normalized spacial score (nSPS) is 10.0. The van der Waals surface area contributed by atoms with Gasteiger partial charge in [0.05, 0.1) is 0 Å². The van der Waals surface area contributed by atoms with Crippen molar-refractivity contribution in [2.24, 2.45) is 5.11 Å². The molecule has 0 radical (unpaired) electrons. The Labute approximate surface area is 104 Å². The quantitative estimate of drug-likeness (QED) is 0.470. The van der Waals surface area contributed by atoms with Crippen LogP contribution in [-0.4, -0.2) is 24.0 Å². The molecular formula is C12H13N5O. The van der Waals surface area contributed by atoms with Crippen LogP contribution < -0.4 is 5.32 Å². The zero-order valence-electron chi connectivity index (χ0n) is 9.76. The fraction of sp³-hybridized carbons (Fsp3) is 0.250. The number of para-hydroxylation sites is 1. The van der Waals surface area contributed by atoms with Crippen LogP contribution in [0.15, 0.2) is 35.6 Å². The van der Waals surface area contributed by atoms with Crippen molar-refractivity contribution in [3.8, 4) is 0 Å². The number of azide groups is 1. The summed E-state index contributed by atoms with van der Waals surface area (Å²) in [6, 6.07) is 8.02. The standard InChI is InChI=1S/C12H13N5O/c13-17-16-8-12(18)14-6-5-9-7-15-11-4-2-1-3-10(9)11/h1-4,7,15H,5-6,8H2,(H,14,18). The number of nitrogens with zero attached hydrogens (tertiary/aromatic N) is 3. The van der Waals surface area contributed by atoms with Gasteiger partial charge in [-0.1, -0.05) is 23.3 Å². The van der Waals surface area contributed by atoms with Gasteiger partial charge in [0.2, 0.25) is 5.91 Å². The molecule has 2 N–H and O–H groups in total. The minimum atomic E-state index is -0.257. The van der Waals surface area contributed by atoms with E-state index in [9.17, 15) is 4.79 Å². The van der Waals surface area contributed by atoms with E-state index in [-0.39, 0.29) is 12.5 Å². The van der Waals surface area contributed by atoms with Gasteiger partial charge in [0.25, 0.3) is 0 Å². The Bertz CT molecular complexity index is 597. The van der Waals surface area contributed by atoms with E-state index in [0.29, 0.717) is 6.54 Å². The van der Waals surface area contributed by atoms with E-state index < -0.39 is 0 Å². The Balaban J connectivity index is 1.90. The van der Waals surface area contributed by atoms with Gasteiger partial charge < -0.3 is 10.3 Å². The van der Waals surface area contributed by atoms with E-state index in [1.165, 1.54) is 5.39 Å². The number of aromatic amines is 1. The van der Waals surface area contributed by atoms with E-state index in [0.717, 1.165) is 17.5 Å². The number of carbonyl (C=O) groups is 1. The molecule has 1 aromatic heterocycles. The zero-order chi connectivity index (χ0) is 12.8. The first-order valence-electron chi connectivity index (χ1n) is 5.64. The van der Waals surface area contributed by atoms with Crippen molar-refractivity contribution in [3.63, 3.8) is 0 Å². The topological polar surface area (TPSA) is 93.7 Å². The van der Waals surface area contributed by atoms with Gasteiger partial charge in [-0.3, -0.25) is 4.79 Å². The number of nitrogens with one attached hydrogen (secondary N) is 2. The first-order valence-corrected chi connectivity index (χ1v) is 5.64. The number of fused-ring (bicyclic) bond motifs is 1.